The Morgan fingerprint density at radius 2 is 1.89 bits per heavy atom. The maximum absolute atomic E-state index is 12.5. The molecule has 0 unspecified atom stereocenters. The van der Waals surface area contributed by atoms with Crippen molar-refractivity contribution in [1.29, 1.82) is 0 Å². The second-order valence-electron chi connectivity index (χ2n) is 2.60. The summed E-state index contributed by atoms with van der Waals surface area (Å²) in [5.41, 5.74) is 0. The van der Waals surface area contributed by atoms with E-state index in [2.05, 4.69) is 0 Å². The number of hydrogen-bond donors (Lipinski definition) is 0. The Balaban J connectivity index is 2.32. The van der Waals surface area contributed by atoms with Crippen LogP contribution in [0.1, 0.15) is 38.5 Å². The molecule has 1 heteroatoms. The highest BCUT2D eigenvalue weighted by Gasteiger charge is 1.98. The van der Waals surface area contributed by atoms with Gasteiger partial charge in [0.2, 0.25) is 0 Å². The predicted octanol–water partition coefficient (Wildman–Crippen LogP) is 3.19. The van der Waals surface area contributed by atoms with Gasteiger partial charge in [-0.2, -0.15) is 0 Å². The van der Waals surface area contributed by atoms with Gasteiger partial charge in [0.05, 0.1) is 5.83 Å². The molecule has 0 saturated heterocycles. The van der Waals surface area contributed by atoms with Crippen molar-refractivity contribution in [2.24, 2.45) is 0 Å². The highest BCUT2D eigenvalue weighted by molar-refractivity contribution is 4.92. The van der Waals surface area contributed by atoms with Crippen LogP contribution in [0.3, 0.4) is 0 Å². The lowest BCUT2D eigenvalue weighted by molar-refractivity contribution is 0.526. The van der Waals surface area contributed by atoms with Gasteiger partial charge in [-0.25, -0.2) is 4.39 Å². The third-order valence-corrected chi connectivity index (χ3v) is 1.74. The Bertz CT molecular complexity index is 105. The minimum absolute atomic E-state index is 0.106. The van der Waals surface area contributed by atoms with Crippen molar-refractivity contribution < 1.29 is 4.39 Å². The van der Waals surface area contributed by atoms with Gasteiger partial charge in [0.15, 0.2) is 0 Å². The van der Waals surface area contributed by atoms with E-state index in [1.807, 2.05) is 0 Å². The largest absolute Gasteiger partial charge is 0.212 e. The smallest absolute Gasteiger partial charge is 0.0959 e. The van der Waals surface area contributed by atoms with E-state index in [1.165, 1.54) is 19.3 Å². The first-order valence-electron chi connectivity index (χ1n) is 3.74. The molecule has 0 saturated carbocycles. The fraction of sp³-hybridized carbons (Fsp3) is 0.750. The maximum atomic E-state index is 12.5. The predicted molar refractivity (Wildman–Crippen MR) is 36.9 cm³/mol. The van der Waals surface area contributed by atoms with E-state index < -0.39 is 0 Å². The summed E-state index contributed by atoms with van der Waals surface area (Å²) >= 11 is 0. The van der Waals surface area contributed by atoms with Crippen molar-refractivity contribution in [3.05, 3.63) is 11.9 Å². The van der Waals surface area contributed by atoms with Crippen molar-refractivity contribution in [2.45, 2.75) is 38.5 Å². The molecule has 0 amide bonds. The van der Waals surface area contributed by atoms with E-state index in [1.54, 1.807) is 6.08 Å². The molecule has 1 aliphatic rings. The third-order valence-electron chi connectivity index (χ3n) is 1.74. The topological polar surface area (TPSA) is 0 Å². The zero-order valence-electron chi connectivity index (χ0n) is 5.70. The summed E-state index contributed by atoms with van der Waals surface area (Å²) < 4.78 is 12.5. The lowest BCUT2D eigenvalue weighted by Gasteiger charge is -2.03. The SMILES string of the molecule is F/C1=C\CCCCCC1. The molecule has 9 heavy (non-hydrogen) atoms. The van der Waals surface area contributed by atoms with Gasteiger partial charge in [-0.1, -0.05) is 18.9 Å². The quantitative estimate of drug-likeness (QED) is 0.470. The van der Waals surface area contributed by atoms with E-state index in [0.717, 1.165) is 12.8 Å². The summed E-state index contributed by atoms with van der Waals surface area (Å²) in [6, 6.07) is 0. The first kappa shape index (κ1) is 6.79. The number of allylic oxidation sites excluding steroid dienone is 2. The van der Waals surface area contributed by atoms with Gasteiger partial charge in [0.25, 0.3) is 0 Å². The Morgan fingerprint density at radius 1 is 1.11 bits per heavy atom. The number of rotatable bonds is 0. The van der Waals surface area contributed by atoms with Gasteiger partial charge >= 0.3 is 0 Å². The molecule has 0 heterocycles. The van der Waals surface area contributed by atoms with Gasteiger partial charge in [0.1, 0.15) is 0 Å². The van der Waals surface area contributed by atoms with E-state index in [4.69, 9.17) is 0 Å². The first-order valence-corrected chi connectivity index (χ1v) is 3.74. The van der Waals surface area contributed by atoms with Gasteiger partial charge in [-0.05, 0) is 25.7 Å². The van der Waals surface area contributed by atoms with Crippen LogP contribution in [0.5, 0.6) is 0 Å². The van der Waals surface area contributed by atoms with Gasteiger partial charge in [-0.15, -0.1) is 0 Å². The summed E-state index contributed by atoms with van der Waals surface area (Å²) in [5, 5.41) is 0. The standard InChI is InChI=1S/C8H13F/c9-8-6-4-2-1-3-5-7-8/h6H,1-5,7H2/b8-6-. The lowest BCUT2D eigenvalue weighted by Crippen LogP contribution is -1.84. The summed E-state index contributed by atoms with van der Waals surface area (Å²) in [7, 11) is 0. The normalized spacial score (nSPS) is 27.9. The Kier molecular flexibility index (Phi) is 2.75. The van der Waals surface area contributed by atoms with Crippen molar-refractivity contribution in [3.63, 3.8) is 0 Å². The molecule has 0 fully saturated rings. The van der Waals surface area contributed by atoms with Crippen molar-refractivity contribution >= 4 is 0 Å². The van der Waals surface area contributed by atoms with Gasteiger partial charge in [0, 0.05) is 0 Å². The van der Waals surface area contributed by atoms with E-state index >= 15 is 0 Å². The zero-order valence-corrected chi connectivity index (χ0v) is 5.70. The lowest BCUT2D eigenvalue weighted by atomic mass is 10.1. The molecule has 0 nitrogen and oxygen atoms in total. The van der Waals surface area contributed by atoms with E-state index in [0.29, 0.717) is 6.42 Å². The molecule has 0 N–H and O–H groups in total. The van der Waals surface area contributed by atoms with Crippen LogP contribution >= 0.6 is 0 Å². The molecule has 0 aliphatic heterocycles. The van der Waals surface area contributed by atoms with Gasteiger partial charge < -0.3 is 0 Å². The summed E-state index contributed by atoms with van der Waals surface area (Å²) in [6.07, 6.45) is 8.08. The second-order valence-corrected chi connectivity index (χ2v) is 2.60. The van der Waals surface area contributed by atoms with Crippen LogP contribution < -0.4 is 0 Å². The van der Waals surface area contributed by atoms with Crippen molar-refractivity contribution in [1.82, 2.24) is 0 Å². The number of hydrogen-bond acceptors (Lipinski definition) is 0. The zero-order chi connectivity index (χ0) is 6.53. The minimum atomic E-state index is 0.106. The molecule has 0 bridgehead atoms. The average molecular weight is 128 g/mol. The summed E-state index contributed by atoms with van der Waals surface area (Å²) in [4.78, 5) is 0. The molecule has 0 aromatic heterocycles. The fourth-order valence-corrected chi connectivity index (χ4v) is 1.15. The van der Waals surface area contributed by atoms with Crippen LogP contribution in [0.2, 0.25) is 0 Å². The third kappa shape index (κ3) is 2.64. The van der Waals surface area contributed by atoms with Crippen LogP contribution in [0, 0.1) is 0 Å². The van der Waals surface area contributed by atoms with Crippen LogP contribution in [-0.2, 0) is 0 Å². The average Bonchev–Trinajstić information content (AvgIpc) is 1.79. The maximum Gasteiger partial charge on any atom is 0.0959 e. The minimum Gasteiger partial charge on any atom is -0.212 e. The molecule has 52 valence electrons. The van der Waals surface area contributed by atoms with Crippen molar-refractivity contribution in [2.75, 3.05) is 0 Å². The Morgan fingerprint density at radius 3 is 2.78 bits per heavy atom. The first-order chi connectivity index (χ1) is 4.39. The van der Waals surface area contributed by atoms with Crippen LogP contribution in [-0.4, -0.2) is 0 Å². The molecule has 0 atom stereocenters. The second kappa shape index (κ2) is 3.65. The fourth-order valence-electron chi connectivity index (χ4n) is 1.15. The molecule has 0 spiro atoms. The highest BCUT2D eigenvalue weighted by atomic mass is 19.1. The van der Waals surface area contributed by atoms with Crippen molar-refractivity contribution in [3.8, 4) is 0 Å². The van der Waals surface area contributed by atoms with Crippen LogP contribution in [0.25, 0.3) is 0 Å². The molecule has 0 aromatic carbocycles. The molecule has 1 aliphatic carbocycles. The highest BCUT2D eigenvalue weighted by Crippen LogP contribution is 2.16. The Labute approximate surface area is 55.8 Å². The monoisotopic (exact) mass is 128 g/mol. The molecular weight excluding hydrogens is 115 g/mol. The summed E-state index contributed by atoms with van der Waals surface area (Å²) in [6.45, 7) is 0. The van der Waals surface area contributed by atoms with Crippen LogP contribution in [0.4, 0.5) is 4.39 Å². The van der Waals surface area contributed by atoms with Gasteiger partial charge in [-0.3, -0.25) is 0 Å². The molecular formula is C8H13F. The molecule has 1 rings (SSSR count). The Hall–Kier alpha value is -0.330. The van der Waals surface area contributed by atoms with E-state index in [9.17, 15) is 4.39 Å². The molecule has 0 aromatic rings. The van der Waals surface area contributed by atoms with E-state index in [-0.39, 0.29) is 5.83 Å². The number of halogens is 1. The van der Waals surface area contributed by atoms with Crippen LogP contribution in [0.15, 0.2) is 11.9 Å². The summed E-state index contributed by atoms with van der Waals surface area (Å²) in [5.74, 6) is 0.106. The molecule has 0 radical (unpaired) electrons.